The number of nitrogens with one attached hydrogen (secondary N) is 1. The summed E-state index contributed by atoms with van der Waals surface area (Å²) in [6.45, 7) is 0.735. The minimum absolute atomic E-state index is 0.0416. The average molecular weight is 296 g/mol. The van der Waals surface area contributed by atoms with Crippen molar-refractivity contribution in [2.24, 2.45) is 5.73 Å². The van der Waals surface area contributed by atoms with Crippen molar-refractivity contribution in [1.29, 1.82) is 0 Å². The second-order valence-corrected chi connectivity index (χ2v) is 7.17. The molecule has 1 saturated heterocycles. The summed E-state index contributed by atoms with van der Waals surface area (Å²) in [5.41, 5.74) is 7.05. The first kappa shape index (κ1) is 14.8. The van der Waals surface area contributed by atoms with E-state index in [1.807, 2.05) is 53.9 Å². The van der Waals surface area contributed by atoms with Gasteiger partial charge in [0.1, 0.15) is 0 Å². The van der Waals surface area contributed by atoms with Gasteiger partial charge in [0.2, 0.25) is 5.91 Å². The van der Waals surface area contributed by atoms with E-state index in [0.29, 0.717) is 11.7 Å². The Balaban J connectivity index is 1.73. The molecule has 5 heteroatoms. The van der Waals surface area contributed by atoms with Gasteiger partial charge >= 0.3 is 0 Å². The van der Waals surface area contributed by atoms with Crippen LogP contribution >= 0.6 is 23.5 Å². The van der Waals surface area contributed by atoms with Gasteiger partial charge in [-0.1, -0.05) is 30.3 Å². The number of thioether (sulfide) groups is 2. The number of benzene rings is 1. The fourth-order valence-corrected chi connectivity index (χ4v) is 4.57. The highest BCUT2D eigenvalue weighted by Gasteiger charge is 2.18. The number of carbonyl (C=O) groups excluding carboxylic acids is 1. The van der Waals surface area contributed by atoms with Crippen molar-refractivity contribution >= 4 is 29.4 Å². The molecule has 3 nitrogen and oxygen atoms in total. The molecule has 2 atom stereocenters. The van der Waals surface area contributed by atoms with Gasteiger partial charge in [-0.05, 0) is 12.0 Å². The maximum absolute atomic E-state index is 11.9. The van der Waals surface area contributed by atoms with Crippen LogP contribution < -0.4 is 11.1 Å². The Kier molecular flexibility index (Phi) is 6.07. The predicted molar refractivity (Wildman–Crippen MR) is 84.7 cm³/mol. The van der Waals surface area contributed by atoms with Gasteiger partial charge in [0, 0.05) is 29.1 Å². The number of carbonyl (C=O) groups is 1. The molecule has 1 fully saturated rings. The molecule has 1 aromatic rings. The molecule has 0 bridgehead atoms. The summed E-state index contributed by atoms with van der Waals surface area (Å²) in [7, 11) is 0. The van der Waals surface area contributed by atoms with Gasteiger partial charge in [0.25, 0.3) is 0 Å². The van der Waals surface area contributed by atoms with E-state index in [2.05, 4.69) is 5.32 Å². The monoisotopic (exact) mass is 296 g/mol. The largest absolute Gasteiger partial charge is 0.354 e. The molecule has 0 saturated carbocycles. The summed E-state index contributed by atoms with van der Waals surface area (Å²) in [5, 5.41) is 3.51. The third kappa shape index (κ3) is 5.09. The molecule has 1 aliphatic heterocycles. The zero-order valence-corrected chi connectivity index (χ0v) is 12.5. The van der Waals surface area contributed by atoms with E-state index in [1.165, 1.54) is 11.5 Å². The van der Waals surface area contributed by atoms with Gasteiger partial charge in [-0.2, -0.15) is 23.5 Å². The third-order valence-corrected chi connectivity index (χ3v) is 5.87. The van der Waals surface area contributed by atoms with Gasteiger partial charge in [-0.15, -0.1) is 0 Å². The molecule has 104 valence electrons. The number of hydrogen-bond acceptors (Lipinski definition) is 4. The molecule has 0 aromatic heterocycles. The minimum atomic E-state index is -0.455. The molecule has 2 rings (SSSR count). The van der Waals surface area contributed by atoms with Gasteiger partial charge < -0.3 is 11.1 Å². The van der Waals surface area contributed by atoms with Crippen LogP contribution in [0.4, 0.5) is 0 Å². The first-order chi connectivity index (χ1) is 9.25. The summed E-state index contributed by atoms with van der Waals surface area (Å²) in [5.74, 6) is 3.49. The number of nitrogens with two attached hydrogens (primary N) is 1. The summed E-state index contributed by atoms with van der Waals surface area (Å²) in [4.78, 5) is 11.9. The molecule has 3 N–H and O–H groups in total. The second kappa shape index (κ2) is 7.82. The first-order valence-corrected chi connectivity index (χ1v) is 8.72. The SMILES string of the molecule is NC(Cc1ccccc1)C(=O)NCC1CSCCS1. The minimum Gasteiger partial charge on any atom is -0.354 e. The van der Waals surface area contributed by atoms with Crippen LogP contribution in [0.3, 0.4) is 0 Å². The van der Waals surface area contributed by atoms with Gasteiger partial charge in [-0.25, -0.2) is 0 Å². The zero-order valence-electron chi connectivity index (χ0n) is 10.9. The topological polar surface area (TPSA) is 55.1 Å². The van der Waals surface area contributed by atoms with E-state index in [4.69, 9.17) is 5.73 Å². The lowest BCUT2D eigenvalue weighted by Crippen LogP contribution is -2.44. The molecule has 2 unspecified atom stereocenters. The molecular formula is C14H20N2OS2. The second-order valence-electron chi connectivity index (χ2n) is 4.61. The van der Waals surface area contributed by atoms with E-state index in [1.54, 1.807) is 0 Å². The first-order valence-electron chi connectivity index (χ1n) is 6.52. The quantitative estimate of drug-likeness (QED) is 0.865. The Morgan fingerprint density at radius 2 is 2.16 bits per heavy atom. The highest BCUT2D eigenvalue weighted by molar-refractivity contribution is 8.06. The lowest BCUT2D eigenvalue weighted by Gasteiger charge is -2.22. The Morgan fingerprint density at radius 1 is 1.37 bits per heavy atom. The Labute approximate surface area is 123 Å². The van der Waals surface area contributed by atoms with Crippen molar-refractivity contribution < 1.29 is 4.79 Å². The Bertz CT molecular complexity index is 394. The molecule has 1 aromatic carbocycles. The smallest absolute Gasteiger partial charge is 0.237 e. The van der Waals surface area contributed by atoms with Crippen LogP contribution in [0.15, 0.2) is 30.3 Å². The van der Waals surface area contributed by atoms with Crippen LogP contribution in [0.25, 0.3) is 0 Å². The van der Waals surface area contributed by atoms with Gasteiger partial charge in [0.05, 0.1) is 6.04 Å². The predicted octanol–water partition coefficient (Wildman–Crippen LogP) is 1.52. The fraction of sp³-hybridized carbons (Fsp3) is 0.500. The lowest BCUT2D eigenvalue weighted by atomic mass is 10.1. The van der Waals surface area contributed by atoms with Crippen LogP contribution in [0.2, 0.25) is 0 Å². The Morgan fingerprint density at radius 3 is 2.84 bits per heavy atom. The number of amides is 1. The molecule has 19 heavy (non-hydrogen) atoms. The summed E-state index contributed by atoms with van der Waals surface area (Å²) < 4.78 is 0. The van der Waals surface area contributed by atoms with Crippen molar-refractivity contribution in [3.05, 3.63) is 35.9 Å². The van der Waals surface area contributed by atoms with Crippen molar-refractivity contribution in [3.8, 4) is 0 Å². The zero-order chi connectivity index (χ0) is 13.5. The van der Waals surface area contributed by atoms with Crippen molar-refractivity contribution in [2.45, 2.75) is 17.7 Å². The van der Waals surface area contributed by atoms with Crippen LogP contribution in [0, 0.1) is 0 Å². The lowest BCUT2D eigenvalue weighted by molar-refractivity contribution is -0.122. The third-order valence-electron chi connectivity index (χ3n) is 3.02. The highest BCUT2D eigenvalue weighted by Crippen LogP contribution is 2.23. The van der Waals surface area contributed by atoms with Crippen LogP contribution in [-0.4, -0.2) is 41.0 Å². The normalized spacial score (nSPS) is 20.8. The van der Waals surface area contributed by atoms with E-state index in [9.17, 15) is 4.79 Å². The maximum Gasteiger partial charge on any atom is 0.237 e. The summed E-state index contributed by atoms with van der Waals surface area (Å²) >= 11 is 3.91. The maximum atomic E-state index is 11.9. The van der Waals surface area contributed by atoms with Gasteiger partial charge in [-0.3, -0.25) is 4.79 Å². The summed E-state index contributed by atoms with van der Waals surface area (Å²) in [6.07, 6.45) is 0.596. The van der Waals surface area contributed by atoms with Gasteiger partial charge in [0.15, 0.2) is 0 Å². The van der Waals surface area contributed by atoms with Crippen molar-refractivity contribution in [3.63, 3.8) is 0 Å². The summed E-state index contributed by atoms with van der Waals surface area (Å²) in [6, 6.07) is 9.45. The van der Waals surface area contributed by atoms with Crippen LogP contribution in [-0.2, 0) is 11.2 Å². The van der Waals surface area contributed by atoms with Crippen molar-refractivity contribution in [2.75, 3.05) is 23.8 Å². The molecule has 1 heterocycles. The number of hydrogen-bond donors (Lipinski definition) is 2. The van der Waals surface area contributed by atoms with E-state index in [0.717, 1.165) is 17.9 Å². The molecule has 1 aliphatic rings. The molecule has 0 aliphatic carbocycles. The fourth-order valence-electron chi connectivity index (χ4n) is 1.96. The van der Waals surface area contributed by atoms with E-state index < -0.39 is 6.04 Å². The average Bonchev–Trinajstić information content (AvgIpc) is 2.47. The van der Waals surface area contributed by atoms with Crippen LogP contribution in [0.5, 0.6) is 0 Å². The van der Waals surface area contributed by atoms with Crippen molar-refractivity contribution in [1.82, 2.24) is 5.32 Å². The molecule has 1 amide bonds. The molecule has 0 spiro atoms. The molecule has 0 radical (unpaired) electrons. The van der Waals surface area contributed by atoms with E-state index in [-0.39, 0.29) is 5.91 Å². The standard InChI is InChI=1S/C14H20N2OS2/c15-13(8-11-4-2-1-3-5-11)14(17)16-9-12-10-18-6-7-19-12/h1-5,12-13H,6-10,15H2,(H,16,17). The molecular weight excluding hydrogens is 276 g/mol. The van der Waals surface area contributed by atoms with E-state index >= 15 is 0 Å². The Hall–Kier alpha value is -0.650. The highest BCUT2D eigenvalue weighted by atomic mass is 32.2. The van der Waals surface area contributed by atoms with Crippen LogP contribution in [0.1, 0.15) is 5.56 Å². The number of rotatable bonds is 5.